The van der Waals surface area contributed by atoms with Crippen LogP contribution in [0.4, 0.5) is 0 Å². The highest BCUT2D eigenvalue weighted by Crippen LogP contribution is 2.11. The zero-order chi connectivity index (χ0) is 16.5. The first kappa shape index (κ1) is 18.2. The molecule has 0 aliphatic heterocycles. The van der Waals surface area contributed by atoms with Gasteiger partial charge in [0.15, 0.2) is 0 Å². The second-order valence-electron chi connectivity index (χ2n) is 6.07. The maximum Gasteiger partial charge on any atom is 0.242 e. The van der Waals surface area contributed by atoms with Crippen LogP contribution in [0.15, 0.2) is 30.3 Å². The smallest absolute Gasteiger partial charge is 0.242 e. The number of carbonyl (C=O) groups is 2. The Labute approximate surface area is 133 Å². The summed E-state index contributed by atoms with van der Waals surface area (Å²) in [5, 5.41) is 2.91. The molecule has 0 aliphatic carbocycles. The fraction of sp³-hybridized carbons (Fsp3) is 0.556. The van der Waals surface area contributed by atoms with E-state index >= 15 is 0 Å². The Bertz CT molecular complexity index is 471. The normalized spacial score (nSPS) is 12.0. The molecule has 4 heteroatoms. The molecule has 4 nitrogen and oxygen atoms in total. The van der Waals surface area contributed by atoms with Crippen LogP contribution in [0.5, 0.6) is 0 Å². The van der Waals surface area contributed by atoms with Gasteiger partial charge >= 0.3 is 0 Å². The fourth-order valence-electron chi connectivity index (χ4n) is 2.17. The molecule has 22 heavy (non-hydrogen) atoms. The molecule has 2 amide bonds. The van der Waals surface area contributed by atoms with Crippen molar-refractivity contribution in [2.24, 2.45) is 5.92 Å². The first-order chi connectivity index (χ1) is 10.5. The molecule has 122 valence electrons. The average molecular weight is 304 g/mol. The van der Waals surface area contributed by atoms with E-state index in [9.17, 15) is 9.59 Å². The molecular formula is C18H28N2O2. The number of benzene rings is 1. The molecule has 0 fully saturated rings. The minimum absolute atomic E-state index is 0.0264. The van der Waals surface area contributed by atoms with Crippen LogP contribution in [0.25, 0.3) is 0 Å². The van der Waals surface area contributed by atoms with Gasteiger partial charge in [-0.2, -0.15) is 0 Å². The van der Waals surface area contributed by atoms with Gasteiger partial charge in [-0.3, -0.25) is 9.59 Å². The number of nitrogens with one attached hydrogen (secondary N) is 1. The van der Waals surface area contributed by atoms with Crippen molar-refractivity contribution in [1.82, 2.24) is 10.2 Å². The Hall–Kier alpha value is -1.84. The van der Waals surface area contributed by atoms with Gasteiger partial charge in [0.05, 0.1) is 0 Å². The van der Waals surface area contributed by atoms with Crippen LogP contribution in [-0.2, 0) is 16.1 Å². The molecular weight excluding hydrogens is 276 g/mol. The van der Waals surface area contributed by atoms with Crippen molar-refractivity contribution < 1.29 is 9.59 Å². The van der Waals surface area contributed by atoms with Crippen molar-refractivity contribution in [3.63, 3.8) is 0 Å². The lowest BCUT2D eigenvalue weighted by atomic mass is 10.1. The summed E-state index contributed by atoms with van der Waals surface area (Å²) in [5.41, 5.74) is 1.04. The Morgan fingerprint density at radius 3 is 2.32 bits per heavy atom. The highest BCUT2D eigenvalue weighted by atomic mass is 16.2. The van der Waals surface area contributed by atoms with Crippen LogP contribution < -0.4 is 5.32 Å². The van der Waals surface area contributed by atoms with Crippen LogP contribution in [0.3, 0.4) is 0 Å². The SMILES string of the molecule is CCCC(=O)N(Cc1ccccc1)C(C)C(=O)NCC(C)C. The molecule has 1 unspecified atom stereocenters. The van der Waals surface area contributed by atoms with Gasteiger partial charge < -0.3 is 10.2 Å². The summed E-state index contributed by atoms with van der Waals surface area (Å²) in [5.74, 6) is 0.331. The molecule has 1 N–H and O–H groups in total. The monoisotopic (exact) mass is 304 g/mol. The molecule has 0 radical (unpaired) electrons. The second kappa shape index (κ2) is 9.23. The molecule has 0 spiro atoms. The predicted octanol–water partition coefficient (Wildman–Crippen LogP) is 2.98. The molecule has 0 heterocycles. The highest BCUT2D eigenvalue weighted by molar-refractivity contribution is 5.87. The lowest BCUT2D eigenvalue weighted by molar-refractivity contribution is -0.140. The van der Waals surface area contributed by atoms with Crippen LogP contribution in [0.2, 0.25) is 0 Å². The third-order valence-electron chi connectivity index (χ3n) is 3.51. The van der Waals surface area contributed by atoms with Crippen molar-refractivity contribution in [2.45, 2.75) is 53.1 Å². The van der Waals surface area contributed by atoms with Gasteiger partial charge in [0, 0.05) is 19.5 Å². The largest absolute Gasteiger partial charge is 0.354 e. The summed E-state index contributed by atoms with van der Waals surface area (Å²) in [6, 6.07) is 9.33. The maximum atomic E-state index is 12.4. The van der Waals surface area contributed by atoms with Gasteiger partial charge in [0.2, 0.25) is 11.8 Å². The highest BCUT2D eigenvalue weighted by Gasteiger charge is 2.25. The summed E-state index contributed by atoms with van der Waals surface area (Å²) >= 11 is 0. The van der Waals surface area contributed by atoms with E-state index in [2.05, 4.69) is 19.2 Å². The average Bonchev–Trinajstić information content (AvgIpc) is 2.50. The van der Waals surface area contributed by atoms with Crippen molar-refractivity contribution in [3.8, 4) is 0 Å². The van der Waals surface area contributed by atoms with Crippen molar-refractivity contribution in [3.05, 3.63) is 35.9 Å². The van der Waals surface area contributed by atoms with Crippen LogP contribution in [0.1, 0.15) is 46.1 Å². The third kappa shape index (κ3) is 5.88. The summed E-state index contributed by atoms with van der Waals surface area (Å²) in [6.45, 7) is 8.97. The van der Waals surface area contributed by atoms with E-state index in [1.54, 1.807) is 11.8 Å². The van der Waals surface area contributed by atoms with E-state index in [-0.39, 0.29) is 11.8 Å². The van der Waals surface area contributed by atoms with E-state index in [1.165, 1.54) is 0 Å². The Balaban J connectivity index is 2.80. The minimum atomic E-state index is -0.460. The van der Waals surface area contributed by atoms with E-state index in [0.29, 0.717) is 25.4 Å². The van der Waals surface area contributed by atoms with Crippen molar-refractivity contribution in [2.75, 3.05) is 6.54 Å². The first-order valence-corrected chi connectivity index (χ1v) is 8.06. The van der Waals surface area contributed by atoms with Crippen LogP contribution in [0, 0.1) is 5.92 Å². The van der Waals surface area contributed by atoms with Crippen molar-refractivity contribution >= 4 is 11.8 Å². The lowest BCUT2D eigenvalue weighted by Gasteiger charge is -2.29. The quantitative estimate of drug-likeness (QED) is 0.802. The van der Waals surface area contributed by atoms with E-state index in [1.807, 2.05) is 37.3 Å². The molecule has 0 aliphatic rings. The molecule has 0 aromatic heterocycles. The number of hydrogen-bond donors (Lipinski definition) is 1. The van der Waals surface area contributed by atoms with E-state index in [4.69, 9.17) is 0 Å². The number of hydrogen-bond acceptors (Lipinski definition) is 2. The summed E-state index contributed by atoms with van der Waals surface area (Å²) in [6.07, 6.45) is 1.25. The van der Waals surface area contributed by atoms with Gasteiger partial charge in [-0.25, -0.2) is 0 Å². The lowest BCUT2D eigenvalue weighted by Crippen LogP contribution is -2.48. The Morgan fingerprint density at radius 2 is 1.77 bits per heavy atom. The second-order valence-corrected chi connectivity index (χ2v) is 6.07. The topological polar surface area (TPSA) is 49.4 Å². The Kier molecular flexibility index (Phi) is 7.64. The molecule has 1 rings (SSSR count). The zero-order valence-electron chi connectivity index (χ0n) is 14.1. The third-order valence-corrected chi connectivity index (χ3v) is 3.51. The molecule has 1 aromatic carbocycles. The number of nitrogens with zero attached hydrogens (tertiary/aromatic N) is 1. The van der Waals surface area contributed by atoms with Crippen LogP contribution >= 0.6 is 0 Å². The minimum Gasteiger partial charge on any atom is -0.354 e. The fourth-order valence-corrected chi connectivity index (χ4v) is 2.17. The molecule has 1 atom stereocenters. The predicted molar refractivity (Wildman–Crippen MR) is 89.2 cm³/mol. The van der Waals surface area contributed by atoms with E-state index < -0.39 is 6.04 Å². The standard InChI is InChI=1S/C18H28N2O2/c1-5-9-17(21)20(13-16-10-7-6-8-11-16)15(4)18(22)19-12-14(2)3/h6-8,10-11,14-15H,5,9,12-13H2,1-4H3,(H,19,22). The first-order valence-electron chi connectivity index (χ1n) is 8.06. The van der Waals surface area contributed by atoms with Gasteiger partial charge in [0.1, 0.15) is 6.04 Å². The van der Waals surface area contributed by atoms with Crippen molar-refractivity contribution in [1.29, 1.82) is 0 Å². The molecule has 1 aromatic rings. The molecule has 0 bridgehead atoms. The summed E-state index contributed by atoms with van der Waals surface area (Å²) < 4.78 is 0. The summed E-state index contributed by atoms with van der Waals surface area (Å²) in [4.78, 5) is 26.3. The molecule has 0 saturated heterocycles. The van der Waals surface area contributed by atoms with Gasteiger partial charge in [-0.1, -0.05) is 51.1 Å². The zero-order valence-corrected chi connectivity index (χ0v) is 14.1. The van der Waals surface area contributed by atoms with E-state index in [0.717, 1.165) is 12.0 Å². The number of rotatable bonds is 8. The Morgan fingerprint density at radius 1 is 1.14 bits per heavy atom. The van der Waals surface area contributed by atoms with Gasteiger partial charge in [0.25, 0.3) is 0 Å². The van der Waals surface area contributed by atoms with Crippen LogP contribution in [-0.4, -0.2) is 29.3 Å². The number of amides is 2. The number of carbonyl (C=O) groups excluding carboxylic acids is 2. The maximum absolute atomic E-state index is 12.4. The van der Waals surface area contributed by atoms with Gasteiger partial charge in [-0.15, -0.1) is 0 Å². The van der Waals surface area contributed by atoms with Gasteiger partial charge in [-0.05, 0) is 24.8 Å². The molecule has 0 saturated carbocycles. The summed E-state index contributed by atoms with van der Waals surface area (Å²) in [7, 11) is 0.